The first kappa shape index (κ1) is 13.1. The first-order chi connectivity index (χ1) is 8.04. The Kier molecular flexibility index (Phi) is 4.59. The number of aryl methyl sites for hydroxylation is 1. The number of benzene rings is 1. The second kappa shape index (κ2) is 5.95. The third-order valence-electron chi connectivity index (χ3n) is 2.02. The topological polar surface area (TPSA) is 78.4 Å². The maximum Gasteiger partial charge on any atom is 0.313 e. The van der Waals surface area contributed by atoms with Gasteiger partial charge in [0, 0.05) is 12.2 Å². The maximum absolute atomic E-state index is 12.9. The Bertz CT molecular complexity index is 435. The number of nitrogens with one attached hydrogen (secondary N) is 2. The highest BCUT2D eigenvalue weighted by Gasteiger charge is 2.13. The third kappa shape index (κ3) is 3.84. The maximum atomic E-state index is 12.9. The number of aliphatic hydroxyl groups excluding tert-OH is 1. The van der Waals surface area contributed by atoms with Gasteiger partial charge in [0.05, 0.1) is 6.61 Å². The second-order valence-electron chi connectivity index (χ2n) is 3.40. The number of anilines is 1. The van der Waals surface area contributed by atoms with Gasteiger partial charge < -0.3 is 15.7 Å². The number of halogens is 1. The molecule has 0 unspecified atom stereocenters. The van der Waals surface area contributed by atoms with E-state index in [2.05, 4.69) is 10.6 Å². The van der Waals surface area contributed by atoms with E-state index in [0.717, 1.165) is 0 Å². The van der Waals surface area contributed by atoms with E-state index in [1.165, 1.54) is 18.2 Å². The number of aliphatic hydroxyl groups is 1. The normalized spacial score (nSPS) is 9.82. The standard InChI is InChI=1S/C11H13FN2O3/c1-7-6-8(2-3-9(7)12)14-11(17)10(16)13-4-5-15/h2-3,6,15H,4-5H2,1H3,(H,13,16)(H,14,17). The van der Waals surface area contributed by atoms with Crippen molar-refractivity contribution in [1.82, 2.24) is 5.32 Å². The molecule has 0 radical (unpaired) electrons. The monoisotopic (exact) mass is 240 g/mol. The van der Waals surface area contributed by atoms with Crippen molar-refractivity contribution < 1.29 is 19.1 Å². The lowest BCUT2D eigenvalue weighted by Gasteiger charge is -2.06. The Hall–Kier alpha value is -1.95. The lowest BCUT2D eigenvalue weighted by molar-refractivity contribution is -0.136. The summed E-state index contributed by atoms with van der Waals surface area (Å²) in [6.07, 6.45) is 0. The molecule has 1 rings (SSSR count). The van der Waals surface area contributed by atoms with Gasteiger partial charge in [0.25, 0.3) is 0 Å². The molecule has 92 valence electrons. The van der Waals surface area contributed by atoms with E-state index in [9.17, 15) is 14.0 Å². The van der Waals surface area contributed by atoms with Gasteiger partial charge in [-0.1, -0.05) is 0 Å². The van der Waals surface area contributed by atoms with Crippen molar-refractivity contribution in [3.05, 3.63) is 29.6 Å². The van der Waals surface area contributed by atoms with Crippen LogP contribution in [0.15, 0.2) is 18.2 Å². The van der Waals surface area contributed by atoms with E-state index >= 15 is 0 Å². The van der Waals surface area contributed by atoms with Gasteiger partial charge in [-0.25, -0.2) is 4.39 Å². The zero-order chi connectivity index (χ0) is 12.8. The molecule has 0 bridgehead atoms. The number of amides is 2. The van der Waals surface area contributed by atoms with Gasteiger partial charge in [0.2, 0.25) is 0 Å². The van der Waals surface area contributed by atoms with Crippen LogP contribution in [0, 0.1) is 12.7 Å². The number of hydrogen-bond acceptors (Lipinski definition) is 3. The van der Waals surface area contributed by atoms with Crippen LogP contribution in [0.2, 0.25) is 0 Å². The molecule has 0 heterocycles. The van der Waals surface area contributed by atoms with Gasteiger partial charge in [-0.05, 0) is 30.7 Å². The average Bonchev–Trinajstić information content (AvgIpc) is 2.30. The number of hydrogen-bond donors (Lipinski definition) is 3. The van der Waals surface area contributed by atoms with Crippen molar-refractivity contribution in [3.63, 3.8) is 0 Å². The Morgan fingerprint density at radius 2 is 2.06 bits per heavy atom. The smallest absolute Gasteiger partial charge is 0.313 e. The van der Waals surface area contributed by atoms with Gasteiger partial charge in [0.15, 0.2) is 0 Å². The number of carbonyl (C=O) groups is 2. The molecule has 2 amide bonds. The van der Waals surface area contributed by atoms with Gasteiger partial charge in [-0.15, -0.1) is 0 Å². The average molecular weight is 240 g/mol. The van der Waals surface area contributed by atoms with Gasteiger partial charge >= 0.3 is 11.8 Å². The molecule has 1 aromatic carbocycles. The summed E-state index contributed by atoms with van der Waals surface area (Å²) in [7, 11) is 0. The summed E-state index contributed by atoms with van der Waals surface area (Å²) in [5.74, 6) is -2.08. The highest BCUT2D eigenvalue weighted by molar-refractivity contribution is 6.39. The third-order valence-corrected chi connectivity index (χ3v) is 2.02. The van der Waals surface area contributed by atoms with Crippen molar-refractivity contribution in [2.24, 2.45) is 0 Å². The fourth-order valence-electron chi connectivity index (χ4n) is 1.16. The summed E-state index contributed by atoms with van der Waals surface area (Å²) in [5, 5.41) is 13.0. The fraction of sp³-hybridized carbons (Fsp3) is 0.273. The predicted molar refractivity (Wildman–Crippen MR) is 59.9 cm³/mol. The van der Waals surface area contributed by atoms with Crippen LogP contribution in [0.3, 0.4) is 0 Å². The van der Waals surface area contributed by atoms with Crippen LogP contribution in [-0.2, 0) is 9.59 Å². The van der Waals surface area contributed by atoms with E-state index in [1.54, 1.807) is 6.92 Å². The van der Waals surface area contributed by atoms with Crippen molar-refractivity contribution in [3.8, 4) is 0 Å². The van der Waals surface area contributed by atoms with Crippen molar-refractivity contribution in [1.29, 1.82) is 0 Å². The highest BCUT2D eigenvalue weighted by atomic mass is 19.1. The van der Waals surface area contributed by atoms with Crippen LogP contribution in [0.1, 0.15) is 5.56 Å². The zero-order valence-corrected chi connectivity index (χ0v) is 9.29. The van der Waals surface area contributed by atoms with E-state index < -0.39 is 11.8 Å². The molecule has 5 nitrogen and oxygen atoms in total. The first-order valence-electron chi connectivity index (χ1n) is 5.01. The molecule has 1 aromatic rings. The molecule has 0 saturated carbocycles. The molecule has 3 N–H and O–H groups in total. The van der Waals surface area contributed by atoms with E-state index in [4.69, 9.17) is 5.11 Å². The van der Waals surface area contributed by atoms with Gasteiger partial charge in [0.1, 0.15) is 5.82 Å². The SMILES string of the molecule is Cc1cc(NC(=O)C(=O)NCCO)ccc1F. The summed E-state index contributed by atoms with van der Waals surface area (Å²) in [6.45, 7) is 1.32. The van der Waals surface area contributed by atoms with Gasteiger partial charge in [-0.2, -0.15) is 0 Å². The molecule has 0 saturated heterocycles. The Morgan fingerprint density at radius 1 is 1.35 bits per heavy atom. The first-order valence-corrected chi connectivity index (χ1v) is 5.01. The van der Waals surface area contributed by atoms with Crippen LogP contribution < -0.4 is 10.6 Å². The van der Waals surface area contributed by atoms with Gasteiger partial charge in [-0.3, -0.25) is 9.59 Å². The molecule has 0 atom stereocenters. The molecule has 0 spiro atoms. The minimum absolute atomic E-state index is 0.00863. The second-order valence-corrected chi connectivity index (χ2v) is 3.40. The minimum atomic E-state index is -0.857. The van der Waals surface area contributed by atoms with Crippen molar-refractivity contribution in [2.45, 2.75) is 6.92 Å². The van der Waals surface area contributed by atoms with Crippen LogP contribution in [0.25, 0.3) is 0 Å². The van der Waals surface area contributed by atoms with E-state index in [1.807, 2.05) is 0 Å². The highest BCUT2D eigenvalue weighted by Crippen LogP contribution is 2.13. The quantitative estimate of drug-likeness (QED) is 0.659. The van der Waals surface area contributed by atoms with E-state index in [0.29, 0.717) is 11.3 Å². The summed E-state index contributed by atoms with van der Waals surface area (Å²) in [6, 6.07) is 3.99. The molecule has 0 aromatic heterocycles. The summed E-state index contributed by atoms with van der Waals surface area (Å²) >= 11 is 0. The predicted octanol–water partition coefficient (Wildman–Crippen LogP) is 0.181. The van der Waals surface area contributed by atoms with Crippen LogP contribution >= 0.6 is 0 Å². The van der Waals surface area contributed by atoms with Crippen LogP contribution in [0.4, 0.5) is 10.1 Å². The minimum Gasteiger partial charge on any atom is -0.395 e. The van der Waals surface area contributed by atoms with Crippen LogP contribution in [0.5, 0.6) is 0 Å². The molecular weight excluding hydrogens is 227 g/mol. The summed E-state index contributed by atoms with van der Waals surface area (Å²) in [5.41, 5.74) is 0.714. The molecule has 0 aliphatic rings. The lowest BCUT2D eigenvalue weighted by Crippen LogP contribution is -2.36. The fourth-order valence-corrected chi connectivity index (χ4v) is 1.16. The summed E-state index contributed by atoms with van der Waals surface area (Å²) < 4.78 is 12.9. The zero-order valence-electron chi connectivity index (χ0n) is 9.29. The largest absolute Gasteiger partial charge is 0.395 e. The van der Waals surface area contributed by atoms with E-state index in [-0.39, 0.29) is 19.0 Å². The number of carbonyl (C=O) groups excluding carboxylic acids is 2. The Morgan fingerprint density at radius 3 is 2.65 bits per heavy atom. The summed E-state index contributed by atoms with van der Waals surface area (Å²) in [4.78, 5) is 22.5. The molecule has 6 heteroatoms. The molecule has 0 fully saturated rings. The molecule has 0 aliphatic carbocycles. The number of rotatable bonds is 3. The van der Waals surface area contributed by atoms with Crippen LogP contribution in [-0.4, -0.2) is 30.1 Å². The molecule has 17 heavy (non-hydrogen) atoms. The van der Waals surface area contributed by atoms with Crippen molar-refractivity contribution in [2.75, 3.05) is 18.5 Å². The Balaban J connectivity index is 2.61. The molecular formula is C11H13FN2O3. The Labute approximate surface area is 97.6 Å². The molecule has 0 aliphatic heterocycles. The lowest BCUT2D eigenvalue weighted by atomic mass is 10.2. The van der Waals surface area contributed by atoms with Crippen molar-refractivity contribution >= 4 is 17.5 Å².